The number of halogens is 5. The van der Waals surface area contributed by atoms with E-state index in [0.29, 0.717) is 10.6 Å². The predicted molar refractivity (Wildman–Crippen MR) is 86.3 cm³/mol. The average molecular weight is 418 g/mol. The summed E-state index contributed by atoms with van der Waals surface area (Å²) in [6, 6.07) is 8.07. The third kappa shape index (κ3) is 3.76. The van der Waals surface area contributed by atoms with Crippen molar-refractivity contribution in [3.05, 3.63) is 56.3 Å². The highest BCUT2D eigenvalue weighted by Crippen LogP contribution is 2.40. The van der Waals surface area contributed by atoms with E-state index in [4.69, 9.17) is 22.8 Å². The zero-order chi connectivity index (χ0) is 17.9. The van der Waals surface area contributed by atoms with Gasteiger partial charge < -0.3 is 9.72 Å². The Kier molecular flexibility index (Phi) is 5.61. The van der Waals surface area contributed by atoms with Gasteiger partial charge in [-0.1, -0.05) is 29.7 Å². The van der Waals surface area contributed by atoms with Crippen molar-refractivity contribution in [2.45, 2.75) is 12.3 Å². The number of aromatic nitrogens is 1. The van der Waals surface area contributed by atoms with E-state index in [-0.39, 0.29) is 22.3 Å². The lowest BCUT2D eigenvalue weighted by atomic mass is 10.0. The van der Waals surface area contributed by atoms with Crippen molar-refractivity contribution in [3.63, 3.8) is 0 Å². The first-order chi connectivity index (χ1) is 11.3. The van der Waals surface area contributed by atoms with Gasteiger partial charge in [0.05, 0.1) is 15.7 Å². The van der Waals surface area contributed by atoms with Crippen LogP contribution in [0.25, 0.3) is 0 Å². The fraction of sp³-hybridized carbons (Fsp3) is 0.188. The first kappa shape index (κ1) is 18.4. The Hall–Kier alpha value is -1.93. The highest BCUT2D eigenvalue weighted by molar-refractivity contribution is 9.10. The largest absolute Gasteiger partial charge is 0.432 e. The molecule has 0 aliphatic rings. The van der Waals surface area contributed by atoms with Gasteiger partial charge in [0.1, 0.15) is 24.5 Å². The molecule has 1 atom stereocenters. The molecule has 0 amide bonds. The number of ether oxygens (including phenoxy) is 1. The lowest BCUT2D eigenvalue weighted by Crippen LogP contribution is -2.10. The maximum atomic E-state index is 13.1. The Balaban J connectivity index is 2.60. The van der Waals surface area contributed by atoms with Crippen molar-refractivity contribution >= 4 is 27.5 Å². The normalized spacial score (nSPS) is 12.5. The Morgan fingerprint density at radius 3 is 2.46 bits per heavy atom. The molecule has 3 nitrogen and oxygen atoms in total. The fourth-order valence-electron chi connectivity index (χ4n) is 2.11. The number of aromatic amines is 1. The molecule has 2 aromatic rings. The van der Waals surface area contributed by atoms with Crippen LogP contribution in [0.2, 0.25) is 5.02 Å². The maximum Gasteiger partial charge on any atom is 0.432 e. The van der Waals surface area contributed by atoms with Gasteiger partial charge in [0, 0.05) is 5.02 Å². The molecule has 1 heterocycles. The highest BCUT2D eigenvalue weighted by Gasteiger charge is 2.38. The molecule has 0 aliphatic heterocycles. The molecular formula is C16H9BrClF3N2O. The highest BCUT2D eigenvalue weighted by atomic mass is 79.9. The molecule has 0 fully saturated rings. The number of nitriles is 1. The van der Waals surface area contributed by atoms with E-state index in [1.807, 2.05) is 0 Å². The summed E-state index contributed by atoms with van der Waals surface area (Å²) in [7, 11) is 0. The van der Waals surface area contributed by atoms with E-state index in [1.54, 1.807) is 30.3 Å². The Morgan fingerprint density at radius 1 is 1.33 bits per heavy atom. The number of nitrogens with zero attached hydrogens (tertiary/aromatic N) is 1. The summed E-state index contributed by atoms with van der Waals surface area (Å²) in [6.45, 7) is -0.143. The maximum absolute atomic E-state index is 13.1. The van der Waals surface area contributed by atoms with E-state index in [2.05, 4.69) is 26.8 Å². The van der Waals surface area contributed by atoms with Crippen molar-refractivity contribution in [1.29, 1.82) is 5.26 Å². The molecular weight excluding hydrogens is 409 g/mol. The molecule has 124 valence electrons. The summed E-state index contributed by atoms with van der Waals surface area (Å²) in [6.07, 6.45) is -0.454. The molecule has 0 radical (unpaired) electrons. The van der Waals surface area contributed by atoms with E-state index in [9.17, 15) is 18.4 Å². The van der Waals surface area contributed by atoms with Gasteiger partial charge in [-0.3, -0.25) is 0 Å². The van der Waals surface area contributed by atoms with Crippen LogP contribution >= 0.6 is 27.5 Å². The number of terminal acetylenes is 1. The van der Waals surface area contributed by atoms with Crippen LogP contribution in [0, 0.1) is 23.7 Å². The van der Waals surface area contributed by atoms with E-state index in [1.165, 1.54) is 0 Å². The zero-order valence-corrected chi connectivity index (χ0v) is 14.3. The van der Waals surface area contributed by atoms with Crippen LogP contribution in [-0.4, -0.2) is 11.6 Å². The third-order valence-corrected chi connectivity index (χ3v) is 4.18. The third-order valence-electron chi connectivity index (χ3n) is 3.13. The van der Waals surface area contributed by atoms with Gasteiger partial charge in [0.15, 0.2) is 0 Å². The van der Waals surface area contributed by atoms with Crippen LogP contribution in [-0.2, 0) is 10.9 Å². The second kappa shape index (κ2) is 7.31. The number of hydrogen-bond donors (Lipinski definition) is 1. The van der Waals surface area contributed by atoms with Gasteiger partial charge in [-0.25, -0.2) is 0 Å². The predicted octanol–water partition coefficient (Wildman–Crippen LogP) is 5.06. The summed E-state index contributed by atoms with van der Waals surface area (Å²) in [5, 5.41) is 9.72. The lowest BCUT2D eigenvalue weighted by molar-refractivity contribution is -0.141. The van der Waals surface area contributed by atoms with Crippen LogP contribution < -0.4 is 0 Å². The first-order valence-electron chi connectivity index (χ1n) is 6.48. The first-order valence-corrected chi connectivity index (χ1v) is 7.65. The standard InChI is InChI=1S/C16H9BrClF3N2O/c1-2-7-24-14(9-3-5-10(18)6-4-9)13-11(8-22)12(17)15(23-13)16(19,20)21/h1,3-6,14,23H,7H2. The summed E-state index contributed by atoms with van der Waals surface area (Å²) >= 11 is 8.65. The number of alkyl halides is 3. The topological polar surface area (TPSA) is 48.8 Å². The van der Waals surface area contributed by atoms with Crippen LogP contribution in [0.5, 0.6) is 0 Å². The minimum atomic E-state index is -4.65. The molecule has 1 unspecified atom stereocenters. The van der Waals surface area contributed by atoms with Gasteiger partial charge in [0.25, 0.3) is 0 Å². The monoisotopic (exact) mass is 416 g/mol. The molecule has 1 aromatic carbocycles. The summed E-state index contributed by atoms with van der Waals surface area (Å²) < 4.78 is 44.4. The molecule has 24 heavy (non-hydrogen) atoms. The molecule has 0 saturated heterocycles. The molecule has 0 bridgehead atoms. The van der Waals surface area contributed by atoms with Gasteiger partial charge in [-0.2, -0.15) is 18.4 Å². The van der Waals surface area contributed by atoms with Crippen LogP contribution in [0.1, 0.15) is 28.6 Å². The van der Waals surface area contributed by atoms with Crippen LogP contribution in [0.3, 0.4) is 0 Å². The number of rotatable bonds is 4. The van der Waals surface area contributed by atoms with Crippen molar-refractivity contribution in [2.24, 2.45) is 0 Å². The van der Waals surface area contributed by atoms with E-state index in [0.717, 1.165) is 0 Å². The number of H-pyrrole nitrogens is 1. The molecule has 1 aromatic heterocycles. The average Bonchev–Trinajstić information content (AvgIpc) is 2.86. The van der Waals surface area contributed by atoms with Gasteiger partial charge in [-0.15, -0.1) is 6.42 Å². The lowest BCUT2D eigenvalue weighted by Gasteiger charge is -2.17. The van der Waals surface area contributed by atoms with Crippen molar-refractivity contribution in [2.75, 3.05) is 6.61 Å². The van der Waals surface area contributed by atoms with Gasteiger partial charge in [-0.05, 0) is 33.6 Å². The zero-order valence-electron chi connectivity index (χ0n) is 11.9. The van der Waals surface area contributed by atoms with Crippen molar-refractivity contribution in [1.82, 2.24) is 4.98 Å². The summed E-state index contributed by atoms with van der Waals surface area (Å²) in [4.78, 5) is 2.24. The smallest absolute Gasteiger partial charge is 0.355 e. The number of hydrogen-bond acceptors (Lipinski definition) is 2. The molecule has 8 heteroatoms. The molecule has 2 rings (SSSR count). The minimum Gasteiger partial charge on any atom is -0.355 e. The quantitative estimate of drug-likeness (QED) is 0.707. The molecule has 0 spiro atoms. The SMILES string of the molecule is C#CCOC(c1ccc(Cl)cc1)c1[nH]c(C(F)(F)F)c(Br)c1C#N. The van der Waals surface area contributed by atoms with E-state index < -0.39 is 18.0 Å². The van der Waals surface area contributed by atoms with E-state index >= 15 is 0 Å². The molecule has 0 aliphatic carbocycles. The second-order valence-corrected chi connectivity index (χ2v) is 5.89. The summed E-state index contributed by atoms with van der Waals surface area (Å²) in [5.74, 6) is 2.26. The van der Waals surface area contributed by atoms with Crippen molar-refractivity contribution < 1.29 is 17.9 Å². The Bertz CT molecular complexity index is 816. The number of nitrogens with one attached hydrogen (secondary N) is 1. The number of benzene rings is 1. The van der Waals surface area contributed by atoms with Gasteiger partial charge >= 0.3 is 6.18 Å². The second-order valence-electron chi connectivity index (χ2n) is 4.66. The molecule has 1 N–H and O–H groups in total. The molecule has 0 saturated carbocycles. The Labute approximate surface area is 149 Å². The fourth-order valence-corrected chi connectivity index (χ4v) is 2.86. The van der Waals surface area contributed by atoms with Gasteiger partial charge in [0.2, 0.25) is 0 Å². The van der Waals surface area contributed by atoms with Crippen LogP contribution in [0.4, 0.5) is 13.2 Å². The Morgan fingerprint density at radius 2 is 1.96 bits per heavy atom. The van der Waals surface area contributed by atoms with Crippen molar-refractivity contribution in [3.8, 4) is 18.4 Å². The minimum absolute atomic E-state index is 0.0331. The summed E-state index contributed by atoms with van der Waals surface area (Å²) in [5.41, 5.74) is -0.778. The van der Waals surface area contributed by atoms with Crippen LogP contribution in [0.15, 0.2) is 28.7 Å².